The largest absolute Gasteiger partial charge is 0.310 e. The molecule has 0 aliphatic carbocycles. The van der Waals surface area contributed by atoms with Crippen molar-refractivity contribution in [1.29, 1.82) is 0 Å². The number of hydrogen-bond donors (Lipinski definition) is 0. The van der Waals surface area contributed by atoms with Gasteiger partial charge in [-0.05, 0) is 81.5 Å². The lowest BCUT2D eigenvalue weighted by Gasteiger charge is -2.29. The molecule has 3 nitrogen and oxygen atoms in total. The Morgan fingerprint density at radius 3 is 1.35 bits per heavy atom. The molecule has 0 fully saturated rings. The Balaban J connectivity index is 1.34. The van der Waals surface area contributed by atoms with Gasteiger partial charge in [0.15, 0.2) is 0 Å². The molecule has 0 atom stereocenters. The SMILES string of the molecule is c1ccc(N(c2ccccc2)c2ccc3ccc4c(N(c5ccccc5)c5nccc6ccccc56)ccc5ccc2c3c54)cc1. The molecule has 0 aliphatic rings. The average Bonchev–Trinajstić information content (AvgIpc) is 3.13. The first-order valence-electron chi connectivity index (χ1n) is 15.6. The number of pyridine rings is 1. The van der Waals surface area contributed by atoms with Crippen molar-refractivity contribution in [3.8, 4) is 0 Å². The Morgan fingerprint density at radius 1 is 0.326 bits per heavy atom. The Kier molecular flexibility index (Phi) is 6.14. The van der Waals surface area contributed by atoms with Gasteiger partial charge in [0.05, 0.1) is 11.4 Å². The van der Waals surface area contributed by atoms with Crippen LogP contribution in [0.4, 0.5) is 34.3 Å². The maximum Gasteiger partial charge on any atom is 0.145 e. The molecule has 0 aliphatic heterocycles. The zero-order chi connectivity index (χ0) is 30.5. The number of benzene rings is 8. The minimum atomic E-state index is 0.916. The van der Waals surface area contributed by atoms with Crippen molar-refractivity contribution < 1.29 is 0 Å². The number of anilines is 6. The lowest BCUT2D eigenvalue weighted by Crippen LogP contribution is -2.13. The highest BCUT2D eigenvalue weighted by Crippen LogP contribution is 2.47. The highest BCUT2D eigenvalue weighted by atomic mass is 15.2. The minimum Gasteiger partial charge on any atom is -0.310 e. The molecule has 9 aromatic rings. The third kappa shape index (κ3) is 4.17. The van der Waals surface area contributed by atoms with Crippen LogP contribution in [0.5, 0.6) is 0 Å². The maximum atomic E-state index is 4.99. The quantitative estimate of drug-likeness (QED) is 0.180. The van der Waals surface area contributed by atoms with Gasteiger partial charge in [0.1, 0.15) is 5.82 Å². The summed E-state index contributed by atoms with van der Waals surface area (Å²) in [6.45, 7) is 0. The molecule has 0 amide bonds. The highest BCUT2D eigenvalue weighted by molar-refractivity contribution is 6.28. The number of rotatable bonds is 6. The van der Waals surface area contributed by atoms with Crippen molar-refractivity contribution in [1.82, 2.24) is 4.98 Å². The lowest BCUT2D eigenvalue weighted by atomic mass is 9.91. The van der Waals surface area contributed by atoms with Gasteiger partial charge < -0.3 is 4.90 Å². The van der Waals surface area contributed by atoms with Crippen molar-refractivity contribution in [2.75, 3.05) is 9.80 Å². The summed E-state index contributed by atoms with van der Waals surface area (Å²) >= 11 is 0. The Bertz CT molecular complexity index is 2430. The first kappa shape index (κ1) is 26.2. The Labute approximate surface area is 267 Å². The fourth-order valence-electron chi connectivity index (χ4n) is 6.98. The first-order valence-corrected chi connectivity index (χ1v) is 15.6. The van der Waals surface area contributed by atoms with Crippen LogP contribution in [0.1, 0.15) is 0 Å². The predicted octanol–water partition coefficient (Wildman–Crippen LogP) is 12.1. The van der Waals surface area contributed by atoms with E-state index in [1.807, 2.05) is 6.20 Å². The number of para-hydroxylation sites is 3. The van der Waals surface area contributed by atoms with Crippen molar-refractivity contribution in [2.24, 2.45) is 0 Å². The standard InChI is InChI=1S/C43H29N3/c1-4-13-33(14-5-1)45(34-15-6-2-7-16-34)39-26-22-31-21-25-38-40(27-23-32-20-24-37(39)41(31)42(32)38)46(35-17-8-3-9-18-35)43-36-19-11-10-12-30(36)28-29-44-43/h1-29H. The van der Waals surface area contributed by atoms with Crippen LogP contribution in [-0.4, -0.2) is 4.98 Å². The van der Waals surface area contributed by atoms with E-state index < -0.39 is 0 Å². The minimum absolute atomic E-state index is 0.916. The smallest absolute Gasteiger partial charge is 0.145 e. The predicted molar refractivity (Wildman–Crippen MR) is 195 cm³/mol. The van der Waals surface area contributed by atoms with E-state index in [9.17, 15) is 0 Å². The molecule has 9 rings (SSSR count). The summed E-state index contributed by atoms with van der Waals surface area (Å²) in [5, 5.41) is 9.67. The van der Waals surface area contributed by atoms with E-state index in [-0.39, 0.29) is 0 Å². The molecule has 3 heteroatoms. The van der Waals surface area contributed by atoms with E-state index in [0.29, 0.717) is 0 Å². The van der Waals surface area contributed by atoms with Gasteiger partial charge in [0, 0.05) is 39.4 Å². The molecule has 0 radical (unpaired) electrons. The monoisotopic (exact) mass is 587 g/mol. The lowest BCUT2D eigenvalue weighted by molar-refractivity contribution is 1.21. The molecule has 0 bridgehead atoms. The Morgan fingerprint density at radius 2 is 0.783 bits per heavy atom. The van der Waals surface area contributed by atoms with E-state index in [4.69, 9.17) is 4.98 Å². The fourth-order valence-corrected chi connectivity index (χ4v) is 6.98. The zero-order valence-electron chi connectivity index (χ0n) is 25.1. The summed E-state index contributed by atoms with van der Waals surface area (Å²) in [6.07, 6.45) is 1.91. The Hall–Kier alpha value is -6.19. The molecule has 1 aromatic heterocycles. The summed E-state index contributed by atoms with van der Waals surface area (Å²) in [5.41, 5.74) is 5.58. The summed E-state index contributed by atoms with van der Waals surface area (Å²) < 4.78 is 0. The van der Waals surface area contributed by atoms with Gasteiger partial charge in [-0.15, -0.1) is 0 Å². The zero-order valence-corrected chi connectivity index (χ0v) is 25.1. The normalized spacial score (nSPS) is 11.5. The summed E-state index contributed by atoms with van der Waals surface area (Å²) in [6, 6.07) is 60.6. The first-order chi connectivity index (χ1) is 22.8. The van der Waals surface area contributed by atoms with Gasteiger partial charge in [-0.2, -0.15) is 0 Å². The molecule has 8 aromatic carbocycles. The number of nitrogens with zero attached hydrogens (tertiary/aromatic N) is 3. The van der Waals surface area contributed by atoms with Crippen LogP contribution >= 0.6 is 0 Å². The van der Waals surface area contributed by atoms with E-state index in [0.717, 1.165) is 45.0 Å². The fraction of sp³-hybridized carbons (Fsp3) is 0. The summed E-state index contributed by atoms with van der Waals surface area (Å²) in [4.78, 5) is 9.67. The molecular formula is C43H29N3. The second-order valence-corrected chi connectivity index (χ2v) is 11.6. The van der Waals surface area contributed by atoms with Crippen LogP contribution in [-0.2, 0) is 0 Å². The number of fused-ring (bicyclic) bond motifs is 1. The average molecular weight is 588 g/mol. The van der Waals surface area contributed by atoms with E-state index in [2.05, 4.69) is 180 Å². The molecule has 0 unspecified atom stereocenters. The van der Waals surface area contributed by atoms with Gasteiger partial charge in [-0.25, -0.2) is 4.98 Å². The third-order valence-corrected chi connectivity index (χ3v) is 9.01. The van der Waals surface area contributed by atoms with Gasteiger partial charge in [-0.3, -0.25) is 4.90 Å². The second-order valence-electron chi connectivity index (χ2n) is 11.6. The van der Waals surface area contributed by atoms with E-state index in [1.165, 1.54) is 32.3 Å². The van der Waals surface area contributed by atoms with Crippen LogP contribution in [0.3, 0.4) is 0 Å². The van der Waals surface area contributed by atoms with Gasteiger partial charge in [0.2, 0.25) is 0 Å². The van der Waals surface area contributed by atoms with Crippen molar-refractivity contribution in [2.45, 2.75) is 0 Å². The topological polar surface area (TPSA) is 19.4 Å². The van der Waals surface area contributed by atoms with Crippen LogP contribution in [0.15, 0.2) is 176 Å². The van der Waals surface area contributed by atoms with Crippen LogP contribution < -0.4 is 9.80 Å². The second kappa shape index (κ2) is 10.8. The number of hydrogen-bond acceptors (Lipinski definition) is 3. The third-order valence-electron chi connectivity index (χ3n) is 9.01. The molecule has 0 spiro atoms. The van der Waals surface area contributed by atoms with Crippen LogP contribution in [0.2, 0.25) is 0 Å². The molecule has 0 saturated heterocycles. The van der Waals surface area contributed by atoms with Crippen LogP contribution in [0, 0.1) is 0 Å². The molecule has 0 saturated carbocycles. The molecule has 216 valence electrons. The summed E-state index contributed by atoms with van der Waals surface area (Å²) in [7, 11) is 0. The van der Waals surface area contributed by atoms with Gasteiger partial charge >= 0.3 is 0 Å². The van der Waals surface area contributed by atoms with Crippen molar-refractivity contribution >= 4 is 77.3 Å². The van der Waals surface area contributed by atoms with E-state index >= 15 is 0 Å². The maximum absolute atomic E-state index is 4.99. The van der Waals surface area contributed by atoms with E-state index in [1.54, 1.807) is 0 Å². The summed E-state index contributed by atoms with van der Waals surface area (Å²) in [5.74, 6) is 0.916. The molecular weight excluding hydrogens is 558 g/mol. The van der Waals surface area contributed by atoms with Crippen LogP contribution in [0.25, 0.3) is 43.1 Å². The molecule has 46 heavy (non-hydrogen) atoms. The van der Waals surface area contributed by atoms with Gasteiger partial charge in [0.25, 0.3) is 0 Å². The molecule has 0 N–H and O–H groups in total. The highest BCUT2D eigenvalue weighted by Gasteiger charge is 2.22. The molecule has 1 heterocycles. The number of aromatic nitrogens is 1. The van der Waals surface area contributed by atoms with Crippen molar-refractivity contribution in [3.63, 3.8) is 0 Å². The van der Waals surface area contributed by atoms with Crippen molar-refractivity contribution in [3.05, 3.63) is 176 Å². The van der Waals surface area contributed by atoms with Gasteiger partial charge in [-0.1, -0.05) is 115 Å².